The second-order valence-electron chi connectivity index (χ2n) is 4.65. The van der Waals surface area contributed by atoms with Crippen LogP contribution in [-0.4, -0.2) is 28.9 Å². The number of hydrogen-bond donors (Lipinski definition) is 2. The van der Waals surface area contributed by atoms with Crippen LogP contribution in [0, 0.1) is 0 Å². The first-order chi connectivity index (χ1) is 6.68. The van der Waals surface area contributed by atoms with Gasteiger partial charge in [-0.15, -0.1) is 0 Å². The largest absolute Gasteiger partial charge is 0.444 e. The molecule has 0 aromatic heterocycles. The van der Waals surface area contributed by atoms with Gasteiger partial charge in [0.25, 0.3) is 0 Å². The van der Waals surface area contributed by atoms with Gasteiger partial charge >= 0.3 is 6.09 Å². The van der Waals surface area contributed by atoms with E-state index < -0.39 is 17.8 Å². The number of ether oxygens (including phenoxy) is 1. The maximum atomic E-state index is 11.3. The molecule has 14 heavy (non-hydrogen) atoms. The SMILES string of the molecule is [2H][C@@]1(O)CC[C@@H](NC(=O)OC(C)(C)C)C1. The minimum Gasteiger partial charge on any atom is -0.444 e. The van der Waals surface area contributed by atoms with Crippen molar-refractivity contribution in [1.82, 2.24) is 5.32 Å². The highest BCUT2D eigenvalue weighted by Gasteiger charge is 2.26. The number of carbonyl (C=O) groups excluding carboxylic acids is 1. The van der Waals surface area contributed by atoms with Crippen LogP contribution in [0.3, 0.4) is 0 Å². The third-order valence-corrected chi connectivity index (χ3v) is 1.98. The van der Waals surface area contributed by atoms with E-state index in [2.05, 4.69) is 5.32 Å². The van der Waals surface area contributed by atoms with Crippen molar-refractivity contribution in [2.24, 2.45) is 0 Å². The molecule has 1 aliphatic carbocycles. The van der Waals surface area contributed by atoms with Crippen molar-refractivity contribution < 1.29 is 16.0 Å². The Bertz CT molecular complexity index is 248. The van der Waals surface area contributed by atoms with Crippen molar-refractivity contribution in [3.63, 3.8) is 0 Å². The summed E-state index contributed by atoms with van der Waals surface area (Å²) in [6.07, 6.45) is -0.580. The Balaban J connectivity index is 2.34. The van der Waals surface area contributed by atoms with E-state index in [-0.39, 0.29) is 12.5 Å². The lowest BCUT2D eigenvalue weighted by molar-refractivity contribution is 0.0502. The monoisotopic (exact) mass is 202 g/mol. The first-order valence-electron chi connectivity index (χ1n) is 5.40. The standard InChI is InChI=1S/C10H19NO3/c1-10(2,3)14-9(13)11-7-4-5-8(12)6-7/h7-8,12H,4-6H2,1-3H3,(H,11,13)/t7-,8-/m1/s1/i8D. The normalized spacial score (nSPS) is 33.7. The van der Waals surface area contributed by atoms with Crippen LogP contribution in [0.15, 0.2) is 0 Å². The molecule has 1 amide bonds. The average molecular weight is 202 g/mol. The average Bonchev–Trinajstić information content (AvgIpc) is 2.25. The van der Waals surface area contributed by atoms with Crippen LogP contribution in [0.2, 0.25) is 0 Å². The van der Waals surface area contributed by atoms with Gasteiger partial charge in [0.1, 0.15) is 5.60 Å². The van der Waals surface area contributed by atoms with Gasteiger partial charge in [0.15, 0.2) is 0 Å². The second-order valence-corrected chi connectivity index (χ2v) is 4.65. The topological polar surface area (TPSA) is 58.6 Å². The first kappa shape index (κ1) is 9.77. The fraction of sp³-hybridized carbons (Fsp3) is 0.900. The molecule has 2 N–H and O–H groups in total. The Morgan fingerprint density at radius 3 is 2.64 bits per heavy atom. The van der Waals surface area contributed by atoms with Crippen molar-refractivity contribution in [3.8, 4) is 0 Å². The molecule has 4 heteroatoms. The highest BCUT2D eigenvalue weighted by Crippen LogP contribution is 2.19. The lowest BCUT2D eigenvalue weighted by Crippen LogP contribution is -2.38. The number of amides is 1. The van der Waals surface area contributed by atoms with Gasteiger partial charge in [0.2, 0.25) is 0 Å². The molecular formula is C10H19NO3. The zero-order valence-corrected chi connectivity index (χ0v) is 8.96. The molecule has 1 rings (SSSR count). The Kier molecular flexibility index (Phi) is 2.91. The quantitative estimate of drug-likeness (QED) is 0.676. The van der Waals surface area contributed by atoms with Crippen molar-refractivity contribution in [3.05, 3.63) is 0 Å². The fourth-order valence-electron chi connectivity index (χ4n) is 1.43. The van der Waals surface area contributed by atoms with Crippen LogP contribution in [0.1, 0.15) is 41.4 Å². The van der Waals surface area contributed by atoms with E-state index in [1.807, 2.05) is 0 Å². The van der Waals surface area contributed by atoms with E-state index >= 15 is 0 Å². The molecule has 0 heterocycles. The molecule has 0 spiro atoms. The van der Waals surface area contributed by atoms with Crippen LogP contribution in [0.25, 0.3) is 0 Å². The van der Waals surface area contributed by atoms with Gasteiger partial charge in [-0.1, -0.05) is 0 Å². The molecule has 0 bridgehead atoms. The summed E-state index contributed by atoms with van der Waals surface area (Å²) in [5, 5.41) is 12.0. The summed E-state index contributed by atoms with van der Waals surface area (Å²) in [6, 6.07) is -0.151. The Labute approximate surface area is 86.0 Å². The highest BCUT2D eigenvalue weighted by molar-refractivity contribution is 5.68. The van der Waals surface area contributed by atoms with Gasteiger partial charge in [-0.05, 0) is 40.0 Å². The summed E-state index contributed by atoms with van der Waals surface area (Å²) < 4.78 is 12.5. The maximum absolute atomic E-state index is 11.3. The summed E-state index contributed by atoms with van der Waals surface area (Å²) in [5.74, 6) is 0. The maximum Gasteiger partial charge on any atom is 0.407 e. The summed E-state index contributed by atoms with van der Waals surface area (Å²) in [7, 11) is 0. The molecule has 1 aliphatic rings. The van der Waals surface area contributed by atoms with Crippen LogP contribution >= 0.6 is 0 Å². The van der Waals surface area contributed by atoms with E-state index in [4.69, 9.17) is 6.11 Å². The number of nitrogens with one attached hydrogen (secondary N) is 1. The molecule has 0 aliphatic heterocycles. The van der Waals surface area contributed by atoms with Gasteiger partial charge in [0, 0.05) is 6.04 Å². The van der Waals surface area contributed by atoms with Crippen molar-refractivity contribution in [2.45, 2.75) is 57.8 Å². The van der Waals surface area contributed by atoms with Gasteiger partial charge in [-0.2, -0.15) is 0 Å². The van der Waals surface area contributed by atoms with Crippen molar-refractivity contribution >= 4 is 6.09 Å². The van der Waals surface area contributed by atoms with E-state index in [1.54, 1.807) is 20.8 Å². The van der Waals surface area contributed by atoms with E-state index in [0.29, 0.717) is 12.8 Å². The predicted molar refractivity (Wildman–Crippen MR) is 53.0 cm³/mol. The zero-order valence-electron chi connectivity index (χ0n) is 9.96. The Hall–Kier alpha value is -0.770. The summed E-state index contributed by atoms with van der Waals surface area (Å²) in [6.45, 7) is 5.38. The number of hydrogen-bond acceptors (Lipinski definition) is 3. The van der Waals surface area contributed by atoms with Gasteiger partial charge < -0.3 is 15.2 Å². The molecule has 0 radical (unpaired) electrons. The third-order valence-electron chi connectivity index (χ3n) is 1.98. The predicted octanol–water partition coefficient (Wildman–Crippen LogP) is 1.42. The van der Waals surface area contributed by atoms with Gasteiger partial charge in [-0.25, -0.2) is 4.79 Å². The van der Waals surface area contributed by atoms with E-state index in [1.165, 1.54) is 0 Å². The molecule has 1 fully saturated rings. The van der Waals surface area contributed by atoms with Crippen molar-refractivity contribution in [2.75, 3.05) is 0 Å². The molecule has 4 nitrogen and oxygen atoms in total. The van der Waals surface area contributed by atoms with E-state index in [9.17, 15) is 9.90 Å². The molecule has 1 saturated carbocycles. The fourth-order valence-corrected chi connectivity index (χ4v) is 1.43. The smallest absolute Gasteiger partial charge is 0.407 e. The first-order valence-corrected chi connectivity index (χ1v) is 4.90. The molecule has 82 valence electrons. The molecule has 2 atom stereocenters. The Morgan fingerprint density at radius 2 is 2.21 bits per heavy atom. The summed E-state index contributed by atoms with van der Waals surface area (Å²) in [4.78, 5) is 11.3. The van der Waals surface area contributed by atoms with Crippen molar-refractivity contribution in [1.29, 1.82) is 0 Å². The summed E-state index contributed by atoms with van der Waals surface area (Å²) >= 11 is 0. The molecular weight excluding hydrogens is 182 g/mol. The lowest BCUT2D eigenvalue weighted by Gasteiger charge is -2.21. The molecule has 0 aromatic carbocycles. The van der Waals surface area contributed by atoms with Crippen LogP contribution < -0.4 is 5.32 Å². The van der Waals surface area contributed by atoms with E-state index in [0.717, 1.165) is 0 Å². The van der Waals surface area contributed by atoms with Crippen LogP contribution in [0.5, 0.6) is 0 Å². The third kappa shape index (κ3) is 3.96. The Morgan fingerprint density at radius 1 is 1.57 bits per heavy atom. The number of aliphatic hydroxyl groups is 1. The van der Waals surface area contributed by atoms with Crippen LogP contribution in [0.4, 0.5) is 4.79 Å². The molecule has 0 aromatic rings. The zero-order chi connectivity index (χ0) is 11.7. The number of rotatable bonds is 1. The van der Waals surface area contributed by atoms with Gasteiger partial charge in [0.05, 0.1) is 7.45 Å². The molecule has 0 unspecified atom stereocenters. The molecule has 0 saturated heterocycles. The number of alkyl carbamates (subject to hydrolysis) is 1. The van der Waals surface area contributed by atoms with Crippen LogP contribution in [-0.2, 0) is 4.74 Å². The summed E-state index contributed by atoms with van der Waals surface area (Å²) in [5.41, 5.74) is -0.514. The van der Waals surface area contributed by atoms with Gasteiger partial charge in [-0.3, -0.25) is 0 Å². The minimum atomic E-state index is -1.39. The lowest BCUT2D eigenvalue weighted by atomic mass is 10.2. The minimum absolute atomic E-state index is 0.151. The highest BCUT2D eigenvalue weighted by atomic mass is 16.6. The number of carbonyl (C=O) groups is 1. The second kappa shape index (κ2) is 4.17.